The predicted octanol–water partition coefficient (Wildman–Crippen LogP) is 3.59. The summed E-state index contributed by atoms with van der Waals surface area (Å²) in [7, 11) is 1.79. The van der Waals surface area contributed by atoms with Crippen molar-refractivity contribution in [2.45, 2.75) is 26.7 Å². The topological polar surface area (TPSA) is 25.2 Å². The first-order valence-corrected chi connectivity index (χ1v) is 6.00. The number of rotatable bonds is 5. The third-order valence-electron chi connectivity index (χ3n) is 2.73. The molecule has 0 bridgehead atoms. The van der Waals surface area contributed by atoms with E-state index in [0.29, 0.717) is 0 Å². The highest BCUT2D eigenvalue weighted by molar-refractivity contribution is 6.07. The van der Waals surface area contributed by atoms with Crippen molar-refractivity contribution in [1.29, 1.82) is 0 Å². The van der Waals surface area contributed by atoms with Crippen LogP contribution in [0.15, 0.2) is 47.6 Å². The first-order chi connectivity index (χ1) is 8.24. The Morgan fingerprint density at radius 3 is 2.76 bits per heavy atom. The molecule has 0 saturated carbocycles. The maximum atomic E-state index is 4.37. The van der Waals surface area contributed by atoms with Gasteiger partial charge in [-0.2, -0.15) is 0 Å². The van der Waals surface area contributed by atoms with Crippen molar-refractivity contribution in [2.75, 3.05) is 7.05 Å². The summed E-state index contributed by atoms with van der Waals surface area (Å²) in [6.07, 6.45) is 7.73. The summed E-state index contributed by atoms with van der Waals surface area (Å²) < 4.78 is 0. The number of pyridine rings is 1. The Hall–Kier alpha value is -1.70. The van der Waals surface area contributed by atoms with Crippen LogP contribution >= 0.6 is 0 Å². The number of hydrogen-bond acceptors (Lipinski definition) is 2. The molecule has 17 heavy (non-hydrogen) atoms. The van der Waals surface area contributed by atoms with Gasteiger partial charge in [0.15, 0.2) is 0 Å². The van der Waals surface area contributed by atoms with Crippen molar-refractivity contribution < 1.29 is 0 Å². The van der Waals surface area contributed by atoms with Gasteiger partial charge in [0.2, 0.25) is 0 Å². The lowest BCUT2D eigenvalue weighted by Gasteiger charge is -2.04. The Balaban J connectivity index is 3.10. The maximum Gasteiger partial charge on any atom is 0.0884 e. The smallest absolute Gasteiger partial charge is 0.0884 e. The lowest BCUT2D eigenvalue weighted by Crippen LogP contribution is -2.02. The molecule has 1 aromatic heterocycles. The highest BCUT2D eigenvalue weighted by Gasteiger charge is 2.03. The number of nitrogens with zero attached hydrogens (tertiary/aromatic N) is 2. The van der Waals surface area contributed by atoms with E-state index in [-0.39, 0.29) is 0 Å². The third kappa shape index (κ3) is 3.66. The Morgan fingerprint density at radius 2 is 2.24 bits per heavy atom. The molecule has 1 heterocycles. The van der Waals surface area contributed by atoms with E-state index in [9.17, 15) is 0 Å². The average Bonchev–Trinajstić information content (AvgIpc) is 2.40. The third-order valence-corrected chi connectivity index (χ3v) is 2.73. The molecular weight excluding hydrogens is 208 g/mol. The Kier molecular flexibility index (Phi) is 5.34. The van der Waals surface area contributed by atoms with Gasteiger partial charge in [0.1, 0.15) is 0 Å². The van der Waals surface area contributed by atoms with Gasteiger partial charge in [0.25, 0.3) is 0 Å². The molecule has 0 radical (unpaired) electrons. The molecule has 0 spiro atoms. The molecule has 1 aromatic rings. The first kappa shape index (κ1) is 13.4. The number of allylic oxidation sites excluding steroid dienone is 3. The van der Waals surface area contributed by atoms with E-state index in [1.807, 2.05) is 18.3 Å². The van der Waals surface area contributed by atoms with Gasteiger partial charge in [0, 0.05) is 13.2 Å². The largest absolute Gasteiger partial charge is 0.286 e. The van der Waals surface area contributed by atoms with Crippen LogP contribution in [0.25, 0.3) is 0 Å². The zero-order valence-electron chi connectivity index (χ0n) is 10.9. The van der Waals surface area contributed by atoms with Crippen molar-refractivity contribution in [1.82, 2.24) is 4.98 Å². The van der Waals surface area contributed by atoms with Crippen LogP contribution in [0.1, 0.15) is 31.5 Å². The van der Waals surface area contributed by atoms with E-state index in [2.05, 4.69) is 42.5 Å². The quantitative estimate of drug-likeness (QED) is 0.558. The van der Waals surface area contributed by atoms with Crippen molar-refractivity contribution >= 4 is 5.71 Å². The summed E-state index contributed by atoms with van der Waals surface area (Å²) in [5, 5.41) is 0. The van der Waals surface area contributed by atoms with E-state index < -0.39 is 0 Å². The molecule has 0 amide bonds. The van der Waals surface area contributed by atoms with Crippen molar-refractivity contribution in [3.05, 3.63) is 53.9 Å². The van der Waals surface area contributed by atoms with E-state index in [4.69, 9.17) is 0 Å². The fourth-order valence-electron chi connectivity index (χ4n) is 1.57. The van der Waals surface area contributed by atoms with Crippen molar-refractivity contribution in [3.63, 3.8) is 0 Å². The molecule has 2 heteroatoms. The maximum absolute atomic E-state index is 4.37. The highest BCUT2D eigenvalue weighted by atomic mass is 14.8. The zero-order valence-corrected chi connectivity index (χ0v) is 10.9. The number of hydrogen-bond donors (Lipinski definition) is 0. The van der Waals surface area contributed by atoms with Gasteiger partial charge in [-0.25, -0.2) is 0 Å². The summed E-state index contributed by atoms with van der Waals surface area (Å²) >= 11 is 0. The van der Waals surface area contributed by atoms with Crippen LogP contribution in [0.4, 0.5) is 0 Å². The van der Waals surface area contributed by atoms with Gasteiger partial charge in [-0.3, -0.25) is 9.98 Å². The Labute approximate surface area is 104 Å². The fourth-order valence-corrected chi connectivity index (χ4v) is 1.57. The Bertz CT molecular complexity index is 442. The van der Waals surface area contributed by atoms with Crippen LogP contribution in [0.3, 0.4) is 0 Å². The van der Waals surface area contributed by atoms with E-state index in [0.717, 1.165) is 24.2 Å². The van der Waals surface area contributed by atoms with E-state index in [1.54, 1.807) is 7.05 Å². The van der Waals surface area contributed by atoms with E-state index in [1.165, 1.54) is 11.1 Å². The standard InChI is InChI=1S/C15H20N2/c1-5-12(6-2)10-14(16-4)15-11-13(7-3)8-9-17-15/h5,8-11H,1,6-7H2,2-4H3/b12-10+,16-14?. The van der Waals surface area contributed by atoms with E-state index >= 15 is 0 Å². The van der Waals surface area contributed by atoms with Crippen molar-refractivity contribution in [2.24, 2.45) is 4.99 Å². The molecule has 0 unspecified atom stereocenters. The van der Waals surface area contributed by atoms with Crippen LogP contribution in [0.2, 0.25) is 0 Å². The van der Waals surface area contributed by atoms with Crippen molar-refractivity contribution in [3.8, 4) is 0 Å². The molecule has 0 aromatic carbocycles. The van der Waals surface area contributed by atoms with Gasteiger partial charge >= 0.3 is 0 Å². The minimum absolute atomic E-state index is 0.914. The summed E-state index contributed by atoms with van der Waals surface area (Å²) in [5.74, 6) is 0. The second-order valence-electron chi connectivity index (χ2n) is 3.79. The molecule has 1 rings (SSSR count). The highest BCUT2D eigenvalue weighted by Crippen LogP contribution is 2.09. The van der Waals surface area contributed by atoms with Crippen LogP contribution in [0, 0.1) is 0 Å². The Morgan fingerprint density at radius 1 is 1.47 bits per heavy atom. The summed E-state index contributed by atoms with van der Waals surface area (Å²) in [4.78, 5) is 8.67. The lowest BCUT2D eigenvalue weighted by molar-refractivity contribution is 1.11. The minimum atomic E-state index is 0.914. The number of aromatic nitrogens is 1. The molecule has 0 fully saturated rings. The molecule has 0 saturated heterocycles. The second kappa shape index (κ2) is 6.79. The molecular formula is C15H20N2. The number of aliphatic imine (C=N–C) groups is 1. The summed E-state index contributed by atoms with van der Waals surface area (Å²) in [5.41, 5.74) is 4.30. The van der Waals surface area contributed by atoms with Gasteiger partial charge in [0.05, 0.1) is 11.4 Å². The average molecular weight is 228 g/mol. The normalized spacial score (nSPS) is 12.6. The SMILES string of the molecule is C=C/C(=C\C(=NC)c1cc(CC)ccn1)CC. The van der Waals surface area contributed by atoms with Crippen LogP contribution in [-0.2, 0) is 6.42 Å². The molecule has 0 atom stereocenters. The summed E-state index contributed by atoms with van der Waals surface area (Å²) in [6.45, 7) is 8.05. The molecule has 0 N–H and O–H groups in total. The molecule has 0 aliphatic rings. The van der Waals surface area contributed by atoms with Gasteiger partial charge in [-0.1, -0.05) is 26.5 Å². The number of aryl methyl sites for hydroxylation is 1. The molecule has 0 aliphatic carbocycles. The summed E-state index contributed by atoms with van der Waals surface area (Å²) in [6, 6.07) is 4.13. The van der Waals surface area contributed by atoms with Gasteiger partial charge < -0.3 is 0 Å². The minimum Gasteiger partial charge on any atom is -0.286 e. The van der Waals surface area contributed by atoms with Gasteiger partial charge in [-0.15, -0.1) is 0 Å². The first-order valence-electron chi connectivity index (χ1n) is 6.00. The van der Waals surface area contributed by atoms with Crippen LogP contribution in [0.5, 0.6) is 0 Å². The zero-order chi connectivity index (χ0) is 12.7. The second-order valence-corrected chi connectivity index (χ2v) is 3.79. The molecule has 90 valence electrons. The van der Waals surface area contributed by atoms with Crippen LogP contribution < -0.4 is 0 Å². The molecule has 0 aliphatic heterocycles. The monoisotopic (exact) mass is 228 g/mol. The van der Waals surface area contributed by atoms with Gasteiger partial charge in [-0.05, 0) is 42.2 Å². The fraction of sp³-hybridized carbons (Fsp3) is 0.333. The molecule has 2 nitrogen and oxygen atoms in total. The predicted molar refractivity (Wildman–Crippen MR) is 74.6 cm³/mol. The van der Waals surface area contributed by atoms with Crippen LogP contribution in [-0.4, -0.2) is 17.7 Å². The lowest BCUT2D eigenvalue weighted by atomic mass is 10.1.